The van der Waals surface area contributed by atoms with Crippen LogP contribution in [0.2, 0.25) is 0 Å². The monoisotopic (exact) mass is 468 g/mol. The van der Waals surface area contributed by atoms with Crippen LogP contribution < -0.4 is 0 Å². The van der Waals surface area contributed by atoms with Crippen LogP contribution in [0.25, 0.3) is 0 Å². The summed E-state index contributed by atoms with van der Waals surface area (Å²) >= 11 is 0. The molecule has 4 fully saturated rings. The SMILES string of the molecule is CCC(CC(C)[C@H]1CC[C@H]2[C@@H]3[C@H](O)C[C@@H]4C(F)(F)C(=O)CC[C@]4(C)[C@H]3CC[C@]12C)C(=O)OC. The summed E-state index contributed by atoms with van der Waals surface area (Å²) in [5.41, 5.74) is -0.545. The van der Waals surface area contributed by atoms with Crippen LogP contribution in [0.1, 0.15) is 85.5 Å². The van der Waals surface area contributed by atoms with Gasteiger partial charge < -0.3 is 9.84 Å². The molecule has 188 valence electrons. The van der Waals surface area contributed by atoms with E-state index in [0.29, 0.717) is 24.2 Å². The summed E-state index contributed by atoms with van der Waals surface area (Å²) in [4.78, 5) is 24.2. The molecule has 4 rings (SSSR count). The summed E-state index contributed by atoms with van der Waals surface area (Å²) in [6.07, 6.45) is 5.17. The van der Waals surface area contributed by atoms with Gasteiger partial charge in [-0.2, -0.15) is 8.78 Å². The minimum Gasteiger partial charge on any atom is -0.469 e. The van der Waals surface area contributed by atoms with Crippen LogP contribution in [0, 0.1) is 52.3 Å². The maximum absolute atomic E-state index is 15.0. The average molecular weight is 469 g/mol. The standard InChI is InChI=1S/C27H42F2O4/c1-6-16(24(32)33-5)13-15(2)17-7-8-18-23-19(9-11-25(17,18)3)26(4)12-10-22(31)27(28,29)21(26)14-20(23)30/h15-21,23,30H,6-14H2,1-5H3/t15?,16?,17-,18+,19+,20-,21+,23+,25-,26-/m1/s1. The van der Waals surface area contributed by atoms with E-state index in [9.17, 15) is 23.5 Å². The molecular weight excluding hydrogens is 426 g/mol. The number of fused-ring (bicyclic) bond motifs is 5. The van der Waals surface area contributed by atoms with Crippen LogP contribution in [0.5, 0.6) is 0 Å². The van der Waals surface area contributed by atoms with Crippen molar-refractivity contribution >= 4 is 11.8 Å². The number of aliphatic hydroxyl groups is 1. The highest BCUT2D eigenvalue weighted by atomic mass is 19.3. The Morgan fingerprint density at radius 2 is 1.82 bits per heavy atom. The highest BCUT2D eigenvalue weighted by Crippen LogP contribution is 2.69. The molecule has 6 heteroatoms. The third-order valence-electron chi connectivity index (χ3n) is 11.0. The van der Waals surface area contributed by atoms with E-state index in [1.807, 2.05) is 13.8 Å². The van der Waals surface area contributed by atoms with Crippen molar-refractivity contribution in [2.75, 3.05) is 7.11 Å². The maximum Gasteiger partial charge on any atom is 0.308 e. The van der Waals surface area contributed by atoms with E-state index in [4.69, 9.17) is 4.74 Å². The number of alkyl halides is 2. The second kappa shape index (κ2) is 8.57. The van der Waals surface area contributed by atoms with Crippen LogP contribution in [0.15, 0.2) is 0 Å². The van der Waals surface area contributed by atoms with Crippen molar-refractivity contribution in [2.24, 2.45) is 52.3 Å². The van der Waals surface area contributed by atoms with Crippen molar-refractivity contribution in [1.82, 2.24) is 0 Å². The zero-order chi connectivity index (χ0) is 24.3. The molecule has 33 heavy (non-hydrogen) atoms. The van der Waals surface area contributed by atoms with E-state index in [1.54, 1.807) is 0 Å². The van der Waals surface area contributed by atoms with E-state index in [2.05, 4.69) is 13.8 Å². The number of halogens is 2. The molecule has 4 aliphatic rings. The normalized spacial score (nSPS) is 46.0. The number of carbonyl (C=O) groups is 2. The number of aliphatic hydroxyl groups excluding tert-OH is 1. The van der Waals surface area contributed by atoms with Gasteiger partial charge in [0.15, 0.2) is 0 Å². The Morgan fingerprint density at radius 1 is 1.15 bits per heavy atom. The molecule has 0 radical (unpaired) electrons. The zero-order valence-electron chi connectivity index (χ0n) is 20.9. The van der Waals surface area contributed by atoms with Gasteiger partial charge in [0, 0.05) is 12.3 Å². The number of ether oxygens (including phenoxy) is 1. The molecule has 0 aromatic rings. The Bertz CT molecular complexity index is 784. The predicted molar refractivity (Wildman–Crippen MR) is 122 cm³/mol. The van der Waals surface area contributed by atoms with E-state index >= 15 is 0 Å². The molecule has 4 nitrogen and oxygen atoms in total. The number of rotatable bonds is 5. The van der Waals surface area contributed by atoms with Crippen molar-refractivity contribution in [3.05, 3.63) is 0 Å². The van der Waals surface area contributed by atoms with Gasteiger partial charge in [0.25, 0.3) is 0 Å². The minimum atomic E-state index is -3.32. The van der Waals surface area contributed by atoms with Gasteiger partial charge in [-0.3, -0.25) is 9.59 Å². The lowest BCUT2D eigenvalue weighted by molar-refractivity contribution is -0.224. The first-order valence-electron chi connectivity index (χ1n) is 13.1. The fourth-order valence-corrected chi connectivity index (χ4v) is 9.28. The zero-order valence-corrected chi connectivity index (χ0v) is 20.9. The molecule has 4 aliphatic carbocycles. The van der Waals surface area contributed by atoms with Gasteiger partial charge in [-0.15, -0.1) is 0 Å². The lowest BCUT2D eigenvalue weighted by atomic mass is 9.43. The van der Waals surface area contributed by atoms with Gasteiger partial charge in [-0.25, -0.2) is 0 Å². The molecular formula is C27H42F2O4. The van der Waals surface area contributed by atoms with Gasteiger partial charge in [-0.1, -0.05) is 27.7 Å². The van der Waals surface area contributed by atoms with Crippen LogP contribution in [-0.2, 0) is 14.3 Å². The second-order valence-corrected chi connectivity index (χ2v) is 12.3. The van der Waals surface area contributed by atoms with E-state index in [-0.39, 0.29) is 42.0 Å². The quantitative estimate of drug-likeness (QED) is 0.529. The van der Waals surface area contributed by atoms with Gasteiger partial charge >= 0.3 is 11.9 Å². The van der Waals surface area contributed by atoms with E-state index in [0.717, 1.165) is 38.5 Å². The number of hydrogen-bond donors (Lipinski definition) is 1. The van der Waals surface area contributed by atoms with Gasteiger partial charge in [0.1, 0.15) is 0 Å². The molecule has 0 aliphatic heterocycles. The van der Waals surface area contributed by atoms with Crippen LogP contribution >= 0.6 is 0 Å². The molecule has 0 amide bonds. The summed E-state index contributed by atoms with van der Waals surface area (Å²) < 4.78 is 35.0. The Kier molecular flexibility index (Phi) is 6.51. The summed E-state index contributed by atoms with van der Waals surface area (Å²) in [6.45, 7) is 8.60. The summed E-state index contributed by atoms with van der Waals surface area (Å²) in [7, 11) is 1.45. The Balaban J connectivity index is 1.57. The van der Waals surface area contributed by atoms with E-state index in [1.165, 1.54) is 7.11 Å². The third-order valence-corrected chi connectivity index (χ3v) is 11.0. The molecule has 0 saturated heterocycles. The van der Waals surface area contributed by atoms with Crippen molar-refractivity contribution in [3.8, 4) is 0 Å². The highest BCUT2D eigenvalue weighted by molar-refractivity contribution is 5.87. The van der Waals surface area contributed by atoms with Crippen molar-refractivity contribution in [2.45, 2.75) is 97.5 Å². The second-order valence-electron chi connectivity index (χ2n) is 12.3. The van der Waals surface area contributed by atoms with Crippen LogP contribution in [0.4, 0.5) is 8.78 Å². The topological polar surface area (TPSA) is 63.6 Å². The average Bonchev–Trinajstić information content (AvgIpc) is 3.13. The van der Waals surface area contributed by atoms with Crippen molar-refractivity contribution < 1.29 is 28.2 Å². The van der Waals surface area contributed by atoms with Gasteiger partial charge in [-0.05, 0) is 91.8 Å². The first kappa shape index (κ1) is 25.1. The highest BCUT2D eigenvalue weighted by Gasteiger charge is 2.68. The number of ketones is 1. The van der Waals surface area contributed by atoms with Crippen molar-refractivity contribution in [3.63, 3.8) is 0 Å². The lowest BCUT2D eigenvalue weighted by Gasteiger charge is -2.62. The predicted octanol–water partition coefficient (Wildman–Crippen LogP) is 5.66. The fourth-order valence-electron chi connectivity index (χ4n) is 9.28. The first-order valence-corrected chi connectivity index (χ1v) is 13.1. The summed E-state index contributed by atoms with van der Waals surface area (Å²) in [6, 6.07) is 0. The molecule has 0 aromatic heterocycles. The number of hydrogen-bond acceptors (Lipinski definition) is 4. The molecule has 4 saturated carbocycles. The Labute approximate surface area is 197 Å². The first-order chi connectivity index (χ1) is 15.4. The van der Waals surface area contributed by atoms with Gasteiger partial charge in [0.2, 0.25) is 5.78 Å². The number of carbonyl (C=O) groups excluding carboxylic acids is 2. The molecule has 0 bridgehead atoms. The van der Waals surface area contributed by atoms with Gasteiger partial charge in [0.05, 0.1) is 19.1 Å². The molecule has 0 aromatic carbocycles. The van der Waals surface area contributed by atoms with Crippen LogP contribution in [0.3, 0.4) is 0 Å². The minimum absolute atomic E-state index is 0.0220. The molecule has 0 heterocycles. The molecule has 1 N–H and O–H groups in total. The lowest BCUT2D eigenvalue weighted by Crippen LogP contribution is -2.63. The number of methoxy groups -OCH3 is 1. The maximum atomic E-state index is 15.0. The Hall–Kier alpha value is -1.04. The fraction of sp³-hybridized carbons (Fsp3) is 0.926. The number of Topliss-reactive ketones (excluding diaryl/α,β-unsaturated/α-hetero) is 1. The molecule has 10 atom stereocenters. The Morgan fingerprint density at radius 3 is 2.45 bits per heavy atom. The molecule has 2 unspecified atom stereocenters. The van der Waals surface area contributed by atoms with Crippen molar-refractivity contribution in [1.29, 1.82) is 0 Å². The largest absolute Gasteiger partial charge is 0.469 e. The van der Waals surface area contributed by atoms with Crippen LogP contribution in [-0.4, -0.2) is 36.0 Å². The number of esters is 1. The smallest absolute Gasteiger partial charge is 0.308 e. The third kappa shape index (κ3) is 3.68. The summed E-state index contributed by atoms with van der Waals surface area (Å²) in [5, 5.41) is 11.2. The summed E-state index contributed by atoms with van der Waals surface area (Å²) in [5.74, 6) is -4.36. The van der Waals surface area contributed by atoms with E-state index < -0.39 is 29.1 Å². The molecule has 0 spiro atoms.